The van der Waals surface area contributed by atoms with Crippen LogP contribution in [0.4, 0.5) is 5.00 Å². The lowest BCUT2D eigenvalue weighted by Crippen LogP contribution is -2.13. The van der Waals surface area contributed by atoms with Gasteiger partial charge >= 0.3 is 4.34 Å². The quantitative estimate of drug-likeness (QED) is 0.705. The third-order valence-electron chi connectivity index (χ3n) is 2.31. The third-order valence-corrected chi connectivity index (χ3v) is 5.09. The Morgan fingerprint density at radius 2 is 1.68 bits per heavy atom. The van der Waals surface area contributed by atoms with Crippen molar-refractivity contribution < 1.29 is 4.55 Å². The number of hydrogen-bond acceptors (Lipinski definition) is 4. The molecule has 124 valence electrons. The summed E-state index contributed by atoms with van der Waals surface area (Å²) < 4.78 is 10.7. The molecule has 1 unspecified atom stereocenters. The van der Waals surface area contributed by atoms with Gasteiger partial charge in [-0.2, -0.15) is 9.54 Å². The van der Waals surface area contributed by atoms with Gasteiger partial charge in [0, 0.05) is 5.56 Å². The molecule has 0 aliphatic carbocycles. The molecule has 0 saturated heterocycles. The molecule has 0 fully saturated rings. The van der Waals surface area contributed by atoms with E-state index in [1.165, 1.54) is 17.8 Å². The lowest BCUT2D eigenvalue weighted by atomic mass is 10.2. The van der Waals surface area contributed by atoms with Gasteiger partial charge in [-0.25, -0.2) is 0 Å². The van der Waals surface area contributed by atoms with E-state index in [-0.39, 0.29) is 5.25 Å². The van der Waals surface area contributed by atoms with Crippen molar-refractivity contribution >= 4 is 27.5 Å². The smallest absolute Gasteiger partial charge is 0.341 e. The molecule has 1 heterocycles. The van der Waals surface area contributed by atoms with Gasteiger partial charge in [0.05, 0.1) is 0 Å². The first-order valence-corrected chi connectivity index (χ1v) is 9.81. The first-order valence-electron chi connectivity index (χ1n) is 7.75. The Morgan fingerprint density at radius 3 is 2.14 bits per heavy atom. The van der Waals surface area contributed by atoms with E-state index in [4.69, 9.17) is 5.73 Å². The molecule has 0 radical (unpaired) electrons. The predicted octanol–water partition coefficient (Wildman–Crippen LogP) is 5.69. The molecule has 1 atom stereocenters. The standard InChI is InChI=1S/C12H15N2OS2.C3H8.C2H6/c1-8(2)17(15)12-14-10(11(13)16-12)9-6-4-3-5-7-9;1-3-2;1-2/h3-8,15H,13H2,1-2H3;3H2,1-2H3;1-2H3/q+1;;. The SMILES string of the molecule is CC.CC(C)[S+](O)c1nc(-c2ccccc2)c(N)s1.CCC. The number of benzene rings is 1. The largest absolute Gasteiger partial charge is 0.389 e. The monoisotopic (exact) mass is 341 g/mol. The molecular weight excluding hydrogens is 312 g/mol. The number of aromatic nitrogens is 1. The maximum Gasteiger partial charge on any atom is 0.341 e. The first kappa shape index (κ1) is 21.0. The highest BCUT2D eigenvalue weighted by molar-refractivity contribution is 7.94. The summed E-state index contributed by atoms with van der Waals surface area (Å²) in [6.45, 7) is 12.2. The Morgan fingerprint density at radius 1 is 1.18 bits per heavy atom. The van der Waals surface area contributed by atoms with E-state index < -0.39 is 11.2 Å². The van der Waals surface area contributed by atoms with Crippen molar-refractivity contribution in [2.45, 2.75) is 57.6 Å². The van der Waals surface area contributed by atoms with E-state index in [1.54, 1.807) is 0 Å². The Kier molecular flexibility index (Phi) is 11.0. The summed E-state index contributed by atoms with van der Waals surface area (Å²) in [6, 6.07) is 9.81. The molecule has 22 heavy (non-hydrogen) atoms. The van der Waals surface area contributed by atoms with Gasteiger partial charge < -0.3 is 5.73 Å². The molecule has 3 nitrogen and oxygen atoms in total. The van der Waals surface area contributed by atoms with Crippen molar-refractivity contribution in [2.24, 2.45) is 0 Å². The van der Waals surface area contributed by atoms with E-state index in [2.05, 4.69) is 18.8 Å². The molecule has 3 N–H and O–H groups in total. The fourth-order valence-corrected chi connectivity index (χ4v) is 3.77. The average Bonchev–Trinajstić information content (AvgIpc) is 2.92. The minimum Gasteiger partial charge on any atom is -0.389 e. The Bertz CT molecular complexity index is 513. The minimum absolute atomic E-state index is 0.171. The van der Waals surface area contributed by atoms with E-state index >= 15 is 0 Å². The van der Waals surface area contributed by atoms with Crippen molar-refractivity contribution in [3.8, 4) is 11.3 Å². The summed E-state index contributed by atoms with van der Waals surface area (Å²) in [5.74, 6) is 0. The predicted molar refractivity (Wildman–Crippen MR) is 103 cm³/mol. The molecule has 2 rings (SSSR count). The number of anilines is 1. The third kappa shape index (κ3) is 6.38. The fourth-order valence-electron chi connectivity index (χ4n) is 1.41. The van der Waals surface area contributed by atoms with Crippen LogP contribution in [0.25, 0.3) is 11.3 Å². The summed E-state index contributed by atoms with van der Waals surface area (Å²) in [4.78, 5) is 4.46. The van der Waals surface area contributed by atoms with Crippen LogP contribution in [0, 0.1) is 0 Å². The molecule has 1 aromatic carbocycles. The number of nitrogen functional groups attached to an aromatic ring is 1. The summed E-state index contributed by atoms with van der Waals surface area (Å²) in [6.07, 6.45) is 1.25. The van der Waals surface area contributed by atoms with Crippen LogP contribution in [0.15, 0.2) is 34.7 Å². The second-order valence-electron chi connectivity index (χ2n) is 4.63. The zero-order valence-corrected chi connectivity index (χ0v) is 16.1. The van der Waals surface area contributed by atoms with Crippen LogP contribution in [-0.2, 0) is 11.2 Å². The van der Waals surface area contributed by atoms with Gasteiger partial charge in [0.1, 0.15) is 10.7 Å². The molecule has 5 heteroatoms. The number of hydrogen-bond donors (Lipinski definition) is 2. The summed E-state index contributed by atoms with van der Waals surface area (Å²) in [5, 5.41) is 0.836. The molecule has 0 spiro atoms. The van der Waals surface area contributed by atoms with E-state index in [0.29, 0.717) is 5.00 Å². The first-order chi connectivity index (χ1) is 10.5. The zero-order valence-electron chi connectivity index (χ0n) is 14.5. The Labute approximate surface area is 142 Å². The van der Waals surface area contributed by atoms with Crippen LogP contribution in [-0.4, -0.2) is 14.8 Å². The highest BCUT2D eigenvalue weighted by Gasteiger charge is 2.30. The van der Waals surface area contributed by atoms with Crippen LogP contribution in [0.3, 0.4) is 0 Å². The van der Waals surface area contributed by atoms with E-state index in [1.807, 2.05) is 58.0 Å². The average molecular weight is 342 g/mol. The number of nitrogens with zero attached hydrogens (tertiary/aromatic N) is 1. The molecular formula is C17H29N2OS2+. The van der Waals surface area contributed by atoms with Crippen molar-refractivity contribution in [1.82, 2.24) is 4.98 Å². The lowest BCUT2D eigenvalue weighted by molar-refractivity contribution is 0.627. The number of nitrogens with two attached hydrogens (primary N) is 1. The van der Waals surface area contributed by atoms with Crippen LogP contribution in [0.5, 0.6) is 0 Å². The summed E-state index contributed by atoms with van der Waals surface area (Å²) in [5.41, 5.74) is 7.73. The normalized spacial score (nSPS) is 11.1. The van der Waals surface area contributed by atoms with Crippen molar-refractivity contribution in [1.29, 1.82) is 0 Å². The zero-order chi connectivity index (χ0) is 17.1. The molecule has 0 aliphatic heterocycles. The van der Waals surface area contributed by atoms with Gasteiger partial charge in [0.25, 0.3) is 0 Å². The van der Waals surface area contributed by atoms with Gasteiger partial charge in [-0.05, 0) is 25.2 Å². The topological polar surface area (TPSA) is 59.1 Å². The highest BCUT2D eigenvalue weighted by Crippen LogP contribution is 2.33. The van der Waals surface area contributed by atoms with Gasteiger partial charge in [0.2, 0.25) is 11.2 Å². The van der Waals surface area contributed by atoms with Crippen LogP contribution < -0.4 is 5.73 Å². The second-order valence-corrected chi connectivity index (χ2v) is 7.88. The molecule has 0 amide bonds. The summed E-state index contributed by atoms with van der Waals surface area (Å²) >= 11 is 0.554. The fraction of sp³-hybridized carbons (Fsp3) is 0.471. The highest BCUT2D eigenvalue weighted by atomic mass is 32.2. The van der Waals surface area contributed by atoms with Crippen molar-refractivity contribution in [3.63, 3.8) is 0 Å². The minimum atomic E-state index is -0.821. The van der Waals surface area contributed by atoms with Crippen LogP contribution >= 0.6 is 11.3 Å². The van der Waals surface area contributed by atoms with Gasteiger partial charge in [-0.15, -0.1) is 0 Å². The summed E-state index contributed by atoms with van der Waals surface area (Å²) in [7, 11) is 0. The van der Waals surface area contributed by atoms with E-state index in [0.717, 1.165) is 15.6 Å². The maximum atomic E-state index is 10.0. The number of thiazole rings is 1. The van der Waals surface area contributed by atoms with Gasteiger partial charge in [-0.1, -0.05) is 64.4 Å². The Hall–Kier alpha value is -1.04. The molecule has 1 aromatic heterocycles. The van der Waals surface area contributed by atoms with E-state index in [9.17, 15) is 4.55 Å². The second kappa shape index (κ2) is 11.5. The van der Waals surface area contributed by atoms with Crippen molar-refractivity contribution in [2.75, 3.05) is 5.73 Å². The molecule has 2 aromatic rings. The maximum absolute atomic E-state index is 10.0. The molecule has 0 bridgehead atoms. The molecule has 0 aliphatic rings. The Balaban J connectivity index is 0.000000789. The molecule has 0 saturated carbocycles. The lowest BCUT2D eigenvalue weighted by Gasteiger charge is -1.97. The van der Waals surface area contributed by atoms with Gasteiger partial charge in [0.15, 0.2) is 5.25 Å². The van der Waals surface area contributed by atoms with Gasteiger partial charge in [-0.3, -0.25) is 0 Å². The van der Waals surface area contributed by atoms with Crippen LogP contribution in [0.2, 0.25) is 0 Å². The number of rotatable bonds is 3. The van der Waals surface area contributed by atoms with Crippen molar-refractivity contribution in [3.05, 3.63) is 30.3 Å². The van der Waals surface area contributed by atoms with Crippen LogP contribution in [0.1, 0.15) is 48.0 Å².